The van der Waals surface area contributed by atoms with Gasteiger partial charge in [-0.1, -0.05) is 0 Å². The Morgan fingerprint density at radius 1 is 1.32 bits per heavy atom. The van der Waals surface area contributed by atoms with Crippen molar-refractivity contribution in [3.8, 4) is 11.4 Å². The second-order valence-electron chi connectivity index (χ2n) is 4.88. The Kier molecular flexibility index (Phi) is 2.77. The van der Waals surface area contributed by atoms with E-state index in [4.69, 9.17) is 0 Å². The van der Waals surface area contributed by atoms with Crippen LogP contribution in [0.2, 0.25) is 0 Å². The molecule has 98 valence electrons. The average Bonchev–Trinajstić information content (AvgIpc) is 2.73. The molecule has 2 heterocycles. The van der Waals surface area contributed by atoms with E-state index in [0.29, 0.717) is 5.69 Å². The quantitative estimate of drug-likeness (QED) is 0.828. The molecule has 0 saturated carbocycles. The predicted octanol–water partition coefficient (Wildman–Crippen LogP) is 1.06. The van der Waals surface area contributed by atoms with Crippen LogP contribution >= 0.6 is 0 Å². The third-order valence-electron chi connectivity index (χ3n) is 3.37. The van der Waals surface area contributed by atoms with Crippen molar-refractivity contribution in [2.45, 2.75) is 19.3 Å². The summed E-state index contributed by atoms with van der Waals surface area (Å²) in [6.07, 6.45) is 6.08. The molecule has 1 N–H and O–H groups in total. The number of carbonyl (C=O) groups excluding carboxylic acids is 1. The molecule has 0 radical (unpaired) electrons. The number of nitrogens with one attached hydrogen (secondary N) is 1. The number of nitrogens with zero attached hydrogens (tertiary/aromatic N) is 4. The van der Waals surface area contributed by atoms with Gasteiger partial charge in [0.1, 0.15) is 17.7 Å². The molecule has 2 aromatic heterocycles. The molecule has 0 aliphatic heterocycles. The summed E-state index contributed by atoms with van der Waals surface area (Å²) in [6, 6.07) is 0. The molecule has 2 aromatic rings. The summed E-state index contributed by atoms with van der Waals surface area (Å²) in [5.74, 6) is -0.0498. The van der Waals surface area contributed by atoms with Crippen LogP contribution in [-0.2, 0) is 12.8 Å². The van der Waals surface area contributed by atoms with Gasteiger partial charge in [-0.3, -0.25) is 9.89 Å². The van der Waals surface area contributed by atoms with E-state index in [1.807, 2.05) is 6.20 Å². The van der Waals surface area contributed by atoms with Crippen LogP contribution < -0.4 is 0 Å². The van der Waals surface area contributed by atoms with Gasteiger partial charge in [-0.15, -0.1) is 0 Å². The number of hydrogen-bond acceptors (Lipinski definition) is 4. The van der Waals surface area contributed by atoms with Gasteiger partial charge in [0.05, 0.1) is 5.69 Å². The third kappa shape index (κ3) is 1.89. The number of aromatic nitrogens is 4. The monoisotopic (exact) mass is 257 g/mol. The van der Waals surface area contributed by atoms with E-state index in [0.717, 1.165) is 41.8 Å². The number of rotatable bonds is 1. The second kappa shape index (κ2) is 4.46. The molecule has 0 atom stereocenters. The van der Waals surface area contributed by atoms with Gasteiger partial charge in [0.15, 0.2) is 0 Å². The number of aryl methyl sites for hydroxylation is 1. The van der Waals surface area contributed by atoms with E-state index < -0.39 is 0 Å². The van der Waals surface area contributed by atoms with Crippen LogP contribution in [0.5, 0.6) is 0 Å². The summed E-state index contributed by atoms with van der Waals surface area (Å²) in [4.78, 5) is 22.1. The zero-order valence-corrected chi connectivity index (χ0v) is 11.0. The summed E-state index contributed by atoms with van der Waals surface area (Å²) in [7, 11) is 3.48. The van der Waals surface area contributed by atoms with E-state index >= 15 is 0 Å². The standard InChI is InChI=1S/C13H15N5O/c1-18(2)13(19)12-9-5-3-4-8-6-14-7-15-10(8)11(9)16-17-12/h6-7H,3-5H2,1-2H3,(H,16,17). The fraction of sp³-hybridized carbons (Fsp3) is 0.385. The van der Waals surface area contributed by atoms with Gasteiger partial charge in [-0.05, 0) is 24.8 Å². The van der Waals surface area contributed by atoms with Gasteiger partial charge in [0.2, 0.25) is 0 Å². The minimum atomic E-state index is -0.0498. The van der Waals surface area contributed by atoms with Crippen molar-refractivity contribution in [1.82, 2.24) is 25.1 Å². The lowest BCUT2D eigenvalue weighted by Crippen LogP contribution is -2.23. The minimum Gasteiger partial charge on any atom is -0.343 e. The number of fused-ring (bicyclic) bond motifs is 3. The van der Waals surface area contributed by atoms with Crippen molar-refractivity contribution in [1.29, 1.82) is 0 Å². The molecular formula is C13H15N5O. The average molecular weight is 257 g/mol. The summed E-state index contributed by atoms with van der Waals surface area (Å²) in [5.41, 5.74) is 4.27. The Bertz CT molecular complexity index is 632. The molecule has 0 fully saturated rings. The highest BCUT2D eigenvalue weighted by atomic mass is 16.2. The maximum atomic E-state index is 12.1. The Morgan fingerprint density at radius 3 is 2.95 bits per heavy atom. The van der Waals surface area contributed by atoms with Crippen LogP contribution in [0.4, 0.5) is 0 Å². The second-order valence-corrected chi connectivity index (χ2v) is 4.88. The van der Waals surface area contributed by atoms with Crippen LogP contribution in [0.25, 0.3) is 11.4 Å². The maximum Gasteiger partial charge on any atom is 0.271 e. The van der Waals surface area contributed by atoms with Crippen molar-refractivity contribution < 1.29 is 4.79 Å². The van der Waals surface area contributed by atoms with Crippen molar-refractivity contribution in [3.05, 3.63) is 29.3 Å². The van der Waals surface area contributed by atoms with Crippen molar-refractivity contribution in [2.75, 3.05) is 14.1 Å². The maximum absolute atomic E-state index is 12.1. The first-order chi connectivity index (χ1) is 9.18. The SMILES string of the molecule is CN(C)C(=O)c1[nH]nc2c1CCCc1cncnc1-2. The number of amides is 1. The fourth-order valence-corrected chi connectivity index (χ4v) is 2.42. The third-order valence-corrected chi connectivity index (χ3v) is 3.37. The van der Waals surface area contributed by atoms with Crippen LogP contribution in [0.15, 0.2) is 12.5 Å². The van der Waals surface area contributed by atoms with E-state index in [9.17, 15) is 4.79 Å². The molecule has 1 aliphatic carbocycles. The normalized spacial score (nSPS) is 13.4. The molecule has 1 aliphatic rings. The summed E-state index contributed by atoms with van der Waals surface area (Å²) < 4.78 is 0. The Morgan fingerprint density at radius 2 is 2.16 bits per heavy atom. The molecular weight excluding hydrogens is 242 g/mol. The van der Waals surface area contributed by atoms with E-state index in [2.05, 4.69) is 20.2 Å². The van der Waals surface area contributed by atoms with Crippen molar-refractivity contribution in [3.63, 3.8) is 0 Å². The number of aromatic amines is 1. The Labute approximate surface area is 110 Å². The van der Waals surface area contributed by atoms with Gasteiger partial charge < -0.3 is 4.90 Å². The van der Waals surface area contributed by atoms with E-state index in [-0.39, 0.29) is 5.91 Å². The molecule has 19 heavy (non-hydrogen) atoms. The number of hydrogen-bond donors (Lipinski definition) is 1. The molecule has 0 spiro atoms. The minimum absolute atomic E-state index is 0.0498. The van der Waals surface area contributed by atoms with Gasteiger partial charge in [0, 0.05) is 25.9 Å². The van der Waals surface area contributed by atoms with E-state index in [1.54, 1.807) is 19.0 Å². The van der Waals surface area contributed by atoms with Crippen LogP contribution in [-0.4, -0.2) is 45.1 Å². The smallest absolute Gasteiger partial charge is 0.271 e. The van der Waals surface area contributed by atoms with Crippen molar-refractivity contribution >= 4 is 5.91 Å². The highest BCUT2D eigenvalue weighted by Gasteiger charge is 2.25. The zero-order valence-electron chi connectivity index (χ0n) is 11.0. The van der Waals surface area contributed by atoms with Gasteiger partial charge in [-0.2, -0.15) is 5.10 Å². The molecule has 6 nitrogen and oxygen atoms in total. The first-order valence-electron chi connectivity index (χ1n) is 6.26. The van der Waals surface area contributed by atoms with Crippen LogP contribution in [0, 0.1) is 0 Å². The molecule has 6 heteroatoms. The summed E-state index contributed by atoms with van der Waals surface area (Å²) in [5, 5.41) is 7.16. The number of carbonyl (C=O) groups is 1. The molecule has 0 aromatic carbocycles. The lowest BCUT2D eigenvalue weighted by atomic mass is 10.1. The van der Waals surface area contributed by atoms with Gasteiger partial charge in [0.25, 0.3) is 5.91 Å². The van der Waals surface area contributed by atoms with Gasteiger partial charge >= 0.3 is 0 Å². The van der Waals surface area contributed by atoms with Crippen LogP contribution in [0.3, 0.4) is 0 Å². The van der Waals surface area contributed by atoms with Crippen molar-refractivity contribution in [2.24, 2.45) is 0 Å². The summed E-state index contributed by atoms with van der Waals surface area (Å²) >= 11 is 0. The molecule has 1 amide bonds. The predicted molar refractivity (Wildman–Crippen MR) is 69.7 cm³/mol. The molecule has 3 rings (SSSR count). The van der Waals surface area contributed by atoms with Crippen LogP contribution in [0.1, 0.15) is 28.0 Å². The Balaban J connectivity index is 2.15. The lowest BCUT2D eigenvalue weighted by molar-refractivity contribution is 0.0821. The van der Waals surface area contributed by atoms with Gasteiger partial charge in [-0.25, -0.2) is 9.97 Å². The fourth-order valence-electron chi connectivity index (χ4n) is 2.42. The zero-order chi connectivity index (χ0) is 13.4. The number of H-pyrrole nitrogens is 1. The molecule has 0 bridgehead atoms. The lowest BCUT2D eigenvalue weighted by Gasteiger charge is -2.09. The first kappa shape index (κ1) is 11.8. The van der Waals surface area contributed by atoms with E-state index in [1.165, 1.54) is 6.33 Å². The first-order valence-corrected chi connectivity index (χ1v) is 6.26. The summed E-state index contributed by atoms with van der Waals surface area (Å²) in [6.45, 7) is 0. The molecule has 0 unspecified atom stereocenters. The largest absolute Gasteiger partial charge is 0.343 e. The molecule has 0 saturated heterocycles. The highest BCUT2D eigenvalue weighted by molar-refractivity contribution is 5.95. The Hall–Kier alpha value is -2.24. The highest BCUT2D eigenvalue weighted by Crippen LogP contribution is 2.30. The topological polar surface area (TPSA) is 74.8 Å².